The van der Waals surface area contributed by atoms with Crippen LogP contribution in [0.15, 0.2) is 22.3 Å². The minimum absolute atomic E-state index is 0.874. The van der Waals surface area contributed by atoms with E-state index in [9.17, 15) is 0 Å². The van der Waals surface area contributed by atoms with Crippen molar-refractivity contribution in [3.05, 3.63) is 22.3 Å². The summed E-state index contributed by atoms with van der Waals surface area (Å²) in [4.78, 5) is 0. The zero-order chi connectivity index (χ0) is 8.15. The predicted molar refractivity (Wildman–Crippen MR) is 48.3 cm³/mol. The van der Waals surface area contributed by atoms with Gasteiger partial charge in [0, 0.05) is 5.03 Å². The maximum Gasteiger partial charge on any atom is 0.0391 e. The highest BCUT2D eigenvalue weighted by Crippen LogP contribution is 2.13. The van der Waals surface area contributed by atoms with Gasteiger partial charge in [0.05, 0.1) is 0 Å². The largest absolute Gasteiger partial charge is 0.0844 e. The third-order valence-corrected chi connectivity index (χ3v) is 1.90. The highest BCUT2D eigenvalue weighted by molar-refractivity contribution is 6.31. The summed E-state index contributed by atoms with van der Waals surface area (Å²) in [7, 11) is 0. The summed E-state index contributed by atoms with van der Waals surface area (Å²) in [5.74, 6) is 0. The lowest BCUT2D eigenvalue weighted by Crippen LogP contribution is -1.74. The lowest BCUT2D eigenvalue weighted by atomic mass is 10.2. The molecule has 0 nitrogen and oxygen atoms in total. The Hall–Kier alpha value is -0.230. The molecule has 1 heteroatoms. The fourth-order valence-corrected chi connectivity index (χ4v) is 0.649. The van der Waals surface area contributed by atoms with Gasteiger partial charge in [0.2, 0.25) is 0 Å². The molecule has 0 unspecified atom stereocenters. The molecule has 58 valence electrons. The number of hydrogen-bond acceptors (Lipinski definition) is 0. The SMILES string of the molecule is CC/C(C)=C\C(Cl)=C(C)C. The molecule has 0 atom stereocenters. The molecule has 0 saturated carbocycles. The average molecular weight is 159 g/mol. The lowest BCUT2D eigenvalue weighted by molar-refractivity contribution is 1.10. The molecule has 0 aromatic heterocycles. The van der Waals surface area contributed by atoms with Crippen molar-refractivity contribution in [2.75, 3.05) is 0 Å². The van der Waals surface area contributed by atoms with E-state index in [4.69, 9.17) is 11.6 Å². The summed E-state index contributed by atoms with van der Waals surface area (Å²) in [6, 6.07) is 0. The molecule has 0 rings (SSSR count). The van der Waals surface area contributed by atoms with Crippen molar-refractivity contribution in [2.24, 2.45) is 0 Å². The molecule has 0 amide bonds. The Labute approximate surface area is 68.6 Å². The molecule has 0 aliphatic carbocycles. The molecule has 0 saturated heterocycles. The number of halogens is 1. The van der Waals surface area contributed by atoms with Crippen molar-refractivity contribution in [3.63, 3.8) is 0 Å². The summed E-state index contributed by atoms with van der Waals surface area (Å²) < 4.78 is 0. The van der Waals surface area contributed by atoms with E-state index < -0.39 is 0 Å². The summed E-state index contributed by atoms with van der Waals surface area (Å²) >= 11 is 5.89. The average Bonchev–Trinajstić information content (AvgIpc) is 1.87. The first kappa shape index (κ1) is 9.77. The highest BCUT2D eigenvalue weighted by atomic mass is 35.5. The van der Waals surface area contributed by atoms with E-state index in [0.29, 0.717) is 0 Å². The van der Waals surface area contributed by atoms with Crippen molar-refractivity contribution >= 4 is 11.6 Å². The Morgan fingerprint density at radius 2 is 1.80 bits per heavy atom. The normalized spacial score (nSPS) is 11.5. The third kappa shape index (κ3) is 3.73. The summed E-state index contributed by atoms with van der Waals surface area (Å²) in [5, 5.41) is 0.874. The van der Waals surface area contributed by atoms with Crippen molar-refractivity contribution in [1.82, 2.24) is 0 Å². The molecular formula is C9H15Cl. The fraction of sp³-hybridized carbons (Fsp3) is 0.556. The number of rotatable bonds is 2. The van der Waals surface area contributed by atoms with Gasteiger partial charge in [-0.05, 0) is 33.3 Å². The van der Waals surface area contributed by atoms with Crippen LogP contribution in [0.1, 0.15) is 34.1 Å². The Kier molecular flexibility index (Phi) is 4.46. The second-order valence-electron chi connectivity index (χ2n) is 2.69. The van der Waals surface area contributed by atoms with Crippen LogP contribution in [0.2, 0.25) is 0 Å². The maximum absolute atomic E-state index is 5.89. The third-order valence-electron chi connectivity index (χ3n) is 1.41. The molecule has 0 aromatic rings. The number of allylic oxidation sites excluding steroid dienone is 4. The van der Waals surface area contributed by atoms with Gasteiger partial charge in [-0.3, -0.25) is 0 Å². The van der Waals surface area contributed by atoms with E-state index in [0.717, 1.165) is 11.5 Å². The van der Waals surface area contributed by atoms with Crippen molar-refractivity contribution in [2.45, 2.75) is 34.1 Å². The van der Waals surface area contributed by atoms with Crippen LogP contribution >= 0.6 is 11.6 Å². The zero-order valence-corrected chi connectivity index (χ0v) is 7.92. The van der Waals surface area contributed by atoms with Crippen LogP contribution in [0.25, 0.3) is 0 Å². The van der Waals surface area contributed by atoms with Crippen LogP contribution in [0.4, 0.5) is 0 Å². The van der Waals surface area contributed by atoms with E-state index in [1.165, 1.54) is 11.1 Å². The van der Waals surface area contributed by atoms with Crippen LogP contribution < -0.4 is 0 Å². The van der Waals surface area contributed by atoms with Crippen LogP contribution in [0.5, 0.6) is 0 Å². The molecule has 0 N–H and O–H groups in total. The smallest absolute Gasteiger partial charge is 0.0391 e. The van der Waals surface area contributed by atoms with Gasteiger partial charge >= 0.3 is 0 Å². The van der Waals surface area contributed by atoms with Gasteiger partial charge in [-0.1, -0.05) is 29.7 Å². The second kappa shape index (κ2) is 4.56. The fourth-order valence-electron chi connectivity index (χ4n) is 0.463. The minimum Gasteiger partial charge on any atom is -0.0844 e. The van der Waals surface area contributed by atoms with Gasteiger partial charge < -0.3 is 0 Å². The molecular weight excluding hydrogens is 144 g/mol. The predicted octanol–water partition coefficient (Wildman–Crippen LogP) is 3.88. The van der Waals surface area contributed by atoms with Crippen molar-refractivity contribution in [1.29, 1.82) is 0 Å². The van der Waals surface area contributed by atoms with Gasteiger partial charge in [0.1, 0.15) is 0 Å². The first-order chi connectivity index (χ1) is 4.57. The van der Waals surface area contributed by atoms with Gasteiger partial charge in [0.25, 0.3) is 0 Å². The lowest BCUT2D eigenvalue weighted by Gasteiger charge is -1.96. The van der Waals surface area contributed by atoms with Crippen LogP contribution in [0, 0.1) is 0 Å². The standard InChI is InChI=1S/C9H15Cl/c1-5-8(4)6-9(10)7(2)3/h6H,5H2,1-4H3/b8-6-. The van der Waals surface area contributed by atoms with Crippen molar-refractivity contribution < 1.29 is 0 Å². The molecule has 0 aliphatic heterocycles. The Morgan fingerprint density at radius 3 is 2.10 bits per heavy atom. The molecule has 0 radical (unpaired) electrons. The Balaban J connectivity index is 4.27. The Bertz CT molecular complexity index is 160. The first-order valence-electron chi connectivity index (χ1n) is 3.58. The van der Waals surface area contributed by atoms with Crippen molar-refractivity contribution in [3.8, 4) is 0 Å². The van der Waals surface area contributed by atoms with Gasteiger partial charge in [-0.15, -0.1) is 0 Å². The molecule has 0 fully saturated rings. The summed E-state index contributed by atoms with van der Waals surface area (Å²) in [6.07, 6.45) is 3.10. The highest BCUT2D eigenvalue weighted by Gasteiger charge is 1.90. The van der Waals surface area contributed by atoms with Gasteiger partial charge in [0.15, 0.2) is 0 Å². The Morgan fingerprint density at radius 1 is 1.30 bits per heavy atom. The monoisotopic (exact) mass is 158 g/mol. The quantitative estimate of drug-likeness (QED) is 0.536. The topological polar surface area (TPSA) is 0 Å². The molecule has 0 aromatic carbocycles. The van der Waals surface area contributed by atoms with E-state index in [2.05, 4.69) is 13.8 Å². The van der Waals surface area contributed by atoms with Gasteiger partial charge in [-0.2, -0.15) is 0 Å². The van der Waals surface area contributed by atoms with Crippen LogP contribution in [-0.2, 0) is 0 Å². The van der Waals surface area contributed by atoms with E-state index in [1.807, 2.05) is 19.9 Å². The van der Waals surface area contributed by atoms with E-state index >= 15 is 0 Å². The molecule has 0 aliphatic rings. The van der Waals surface area contributed by atoms with Crippen LogP contribution in [-0.4, -0.2) is 0 Å². The number of hydrogen-bond donors (Lipinski definition) is 0. The minimum atomic E-state index is 0.874. The molecule has 0 heterocycles. The molecule has 0 bridgehead atoms. The zero-order valence-electron chi connectivity index (χ0n) is 7.16. The summed E-state index contributed by atoms with van der Waals surface area (Å²) in [6.45, 7) is 8.25. The first-order valence-corrected chi connectivity index (χ1v) is 3.95. The van der Waals surface area contributed by atoms with Crippen LogP contribution in [0.3, 0.4) is 0 Å². The van der Waals surface area contributed by atoms with E-state index in [-0.39, 0.29) is 0 Å². The maximum atomic E-state index is 5.89. The molecule has 10 heavy (non-hydrogen) atoms. The second-order valence-corrected chi connectivity index (χ2v) is 3.10. The van der Waals surface area contributed by atoms with Gasteiger partial charge in [-0.25, -0.2) is 0 Å². The van der Waals surface area contributed by atoms with E-state index in [1.54, 1.807) is 0 Å². The molecule has 0 spiro atoms. The summed E-state index contributed by atoms with van der Waals surface area (Å²) in [5.41, 5.74) is 2.50.